The van der Waals surface area contributed by atoms with Gasteiger partial charge in [0.1, 0.15) is 0 Å². The molecule has 100 valence electrons. The topological polar surface area (TPSA) is 38.9 Å². The quantitative estimate of drug-likeness (QED) is 0.775. The van der Waals surface area contributed by atoms with Crippen molar-refractivity contribution < 1.29 is 0 Å². The van der Waals surface area contributed by atoms with Crippen LogP contribution < -0.4 is 5.73 Å². The molecule has 1 aromatic heterocycles. The van der Waals surface area contributed by atoms with Gasteiger partial charge in [0.05, 0.1) is 0 Å². The minimum Gasteiger partial charge on any atom is -0.324 e. The summed E-state index contributed by atoms with van der Waals surface area (Å²) in [5, 5.41) is 2.51. The summed E-state index contributed by atoms with van der Waals surface area (Å²) in [6.07, 6.45) is 3.65. The van der Waals surface area contributed by atoms with Gasteiger partial charge in [-0.3, -0.25) is 4.98 Å². The van der Waals surface area contributed by atoms with Crippen LogP contribution in [0, 0.1) is 0 Å². The Morgan fingerprint density at radius 3 is 2.50 bits per heavy atom. The molecule has 3 rings (SSSR count). The molecule has 2 heteroatoms. The fourth-order valence-corrected chi connectivity index (χ4v) is 2.45. The first-order valence-electron chi connectivity index (χ1n) is 6.97. The monoisotopic (exact) mass is 262 g/mol. The summed E-state index contributed by atoms with van der Waals surface area (Å²) >= 11 is 0. The molecule has 0 saturated carbocycles. The zero-order chi connectivity index (χ0) is 13.8. The Morgan fingerprint density at radius 1 is 0.900 bits per heavy atom. The van der Waals surface area contributed by atoms with E-state index in [1.807, 2.05) is 24.4 Å². The number of pyridine rings is 1. The molecule has 3 aromatic rings. The van der Waals surface area contributed by atoms with Crippen molar-refractivity contribution in [1.29, 1.82) is 0 Å². The number of aromatic nitrogens is 1. The number of fused-ring (bicyclic) bond motifs is 1. The van der Waals surface area contributed by atoms with Crippen molar-refractivity contribution in [2.75, 3.05) is 0 Å². The summed E-state index contributed by atoms with van der Waals surface area (Å²) in [6.45, 7) is 0. The van der Waals surface area contributed by atoms with Gasteiger partial charge in [0.15, 0.2) is 0 Å². The Hall–Kier alpha value is -2.19. The first-order chi connectivity index (χ1) is 9.83. The molecule has 0 bridgehead atoms. The van der Waals surface area contributed by atoms with E-state index < -0.39 is 0 Å². The van der Waals surface area contributed by atoms with E-state index in [9.17, 15) is 0 Å². The maximum Gasteiger partial charge on any atom is 0.0404 e. The third kappa shape index (κ3) is 2.86. The van der Waals surface area contributed by atoms with Gasteiger partial charge in [-0.15, -0.1) is 0 Å². The number of nitrogens with two attached hydrogens (primary N) is 1. The second-order valence-electron chi connectivity index (χ2n) is 5.07. The molecule has 2 N–H and O–H groups in total. The van der Waals surface area contributed by atoms with Crippen LogP contribution in [0.4, 0.5) is 0 Å². The van der Waals surface area contributed by atoms with Crippen LogP contribution in [0.15, 0.2) is 66.9 Å². The zero-order valence-electron chi connectivity index (χ0n) is 11.4. The van der Waals surface area contributed by atoms with Crippen molar-refractivity contribution in [3.05, 3.63) is 78.1 Å². The van der Waals surface area contributed by atoms with Crippen LogP contribution in [0.25, 0.3) is 10.8 Å². The third-order valence-electron chi connectivity index (χ3n) is 3.64. The van der Waals surface area contributed by atoms with E-state index in [0.717, 1.165) is 18.5 Å². The molecule has 2 aromatic carbocycles. The van der Waals surface area contributed by atoms with E-state index in [1.54, 1.807) is 0 Å². The lowest BCUT2D eigenvalue weighted by Gasteiger charge is -2.12. The highest BCUT2D eigenvalue weighted by Crippen LogP contribution is 2.21. The molecular weight excluding hydrogens is 244 g/mol. The highest BCUT2D eigenvalue weighted by molar-refractivity contribution is 5.83. The average molecular weight is 262 g/mol. The van der Waals surface area contributed by atoms with Gasteiger partial charge in [-0.25, -0.2) is 0 Å². The molecule has 1 unspecified atom stereocenters. The van der Waals surface area contributed by atoms with Crippen LogP contribution >= 0.6 is 0 Å². The van der Waals surface area contributed by atoms with Crippen molar-refractivity contribution in [1.82, 2.24) is 4.98 Å². The fraction of sp³-hybridized carbons (Fsp3) is 0.167. The molecule has 0 fully saturated rings. The molecule has 0 amide bonds. The lowest BCUT2D eigenvalue weighted by molar-refractivity contribution is 0.645. The molecule has 20 heavy (non-hydrogen) atoms. The number of hydrogen-bond acceptors (Lipinski definition) is 2. The van der Waals surface area contributed by atoms with Crippen LogP contribution in [0.2, 0.25) is 0 Å². The molecule has 0 radical (unpaired) electrons. The predicted octanol–water partition coefficient (Wildman–Crippen LogP) is 3.87. The first-order valence-corrected chi connectivity index (χ1v) is 6.97. The van der Waals surface area contributed by atoms with Crippen LogP contribution in [-0.2, 0) is 6.42 Å². The van der Waals surface area contributed by atoms with E-state index >= 15 is 0 Å². The maximum absolute atomic E-state index is 6.31. The Bertz CT molecular complexity index is 692. The van der Waals surface area contributed by atoms with Crippen LogP contribution in [0.3, 0.4) is 0 Å². The Kier molecular flexibility index (Phi) is 3.75. The summed E-state index contributed by atoms with van der Waals surface area (Å²) in [5.41, 5.74) is 8.60. The van der Waals surface area contributed by atoms with Gasteiger partial charge in [0.25, 0.3) is 0 Å². The van der Waals surface area contributed by atoms with E-state index in [1.165, 1.54) is 16.3 Å². The third-order valence-corrected chi connectivity index (χ3v) is 3.64. The van der Waals surface area contributed by atoms with E-state index in [4.69, 9.17) is 5.73 Å². The minimum absolute atomic E-state index is 0.0570. The van der Waals surface area contributed by atoms with E-state index in [-0.39, 0.29) is 6.04 Å². The maximum atomic E-state index is 6.31. The standard InChI is InChI=1S/C18H18N2/c19-18(11-10-17-7-3-4-12-20-17)16-9-8-14-5-1-2-6-15(14)13-16/h1-9,12-13,18H,10-11,19H2. The molecule has 0 aliphatic carbocycles. The molecule has 1 atom stereocenters. The smallest absolute Gasteiger partial charge is 0.0404 e. The summed E-state index contributed by atoms with van der Waals surface area (Å²) < 4.78 is 0. The van der Waals surface area contributed by atoms with Gasteiger partial charge >= 0.3 is 0 Å². The van der Waals surface area contributed by atoms with Gasteiger partial charge in [0, 0.05) is 17.9 Å². The normalized spacial score (nSPS) is 12.4. The van der Waals surface area contributed by atoms with Crippen molar-refractivity contribution in [3.8, 4) is 0 Å². The summed E-state index contributed by atoms with van der Waals surface area (Å²) in [7, 11) is 0. The number of benzene rings is 2. The lowest BCUT2D eigenvalue weighted by atomic mass is 9.98. The van der Waals surface area contributed by atoms with E-state index in [2.05, 4.69) is 47.4 Å². The molecule has 0 aliphatic rings. The van der Waals surface area contributed by atoms with Crippen molar-refractivity contribution in [3.63, 3.8) is 0 Å². The largest absolute Gasteiger partial charge is 0.324 e. The van der Waals surface area contributed by atoms with Gasteiger partial charge in [0.2, 0.25) is 0 Å². The number of rotatable bonds is 4. The van der Waals surface area contributed by atoms with Gasteiger partial charge in [-0.2, -0.15) is 0 Å². The molecule has 2 nitrogen and oxygen atoms in total. The molecule has 0 saturated heterocycles. The van der Waals surface area contributed by atoms with Crippen molar-refractivity contribution >= 4 is 10.8 Å². The Balaban J connectivity index is 1.73. The van der Waals surface area contributed by atoms with E-state index in [0.29, 0.717) is 0 Å². The average Bonchev–Trinajstić information content (AvgIpc) is 2.53. The van der Waals surface area contributed by atoms with Gasteiger partial charge in [-0.05, 0) is 47.4 Å². The molecule has 0 spiro atoms. The number of hydrogen-bond donors (Lipinski definition) is 1. The second-order valence-corrected chi connectivity index (χ2v) is 5.07. The van der Waals surface area contributed by atoms with Gasteiger partial charge in [-0.1, -0.05) is 42.5 Å². The Morgan fingerprint density at radius 2 is 1.70 bits per heavy atom. The fourth-order valence-electron chi connectivity index (χ4n) is 2.45. The van der Waals surface area contributed by atoms with Crippen LogP contribution in [0.1, 0.15) is 23.7 Å². The second kappa shape index (κ2) is 5.85. The summed E-state index contributed by atoms with van der Waals surface area (Å²) in [6, 6.07) is 20.9. The van der Waals surface area contributed by atoms with Crippen molar-refractivity contribution in [2.24, 2.45) is 5.73 Å². The highest BCUT2D eigenvalue weighted by Gasteiger charge is 2.07. The predicted molar refractivity (Wildman–Crippen MR) is 83.4 cm³/mol. The zero-order valence-corrected chi connectivity index (χ0v) is 11.4. The van der Waals surface area contributed by atoms with Crippen LogP contribution in [0.5, 0.6) is 0 Å². The molecule has 0 aliphatic heterocycles. The summed E-state index contributed by atoms with van der Waals surface area (Å²) in [5.74, 6) is 0. The SMILES string of the molecule is NC(CCc1ccccn1)c1ccc2ccccc2c1. The Labute approximate surface area is 119 Å². The molecular formula is C18H18N2. The lowest BCUT2D eigenvalue weighted by Crippen LogP contribution is -2.11. The number of aryl methyl sites for hydroxylation is 1. The minimum atomic E-state index is 0.0570. The van der Waals surface area contributed by atoms with Crippen molar-refractivity contribution in [2.45, 2.75) is 18.9 Å². The highest BCUT2D eigenvalue weighted by atomic mass is 14.7. The first kappa shape index (κ1) is 12.8. The molecule has 1 heterocycles. The summed E-state index contributed by atoms with van der Waals surface area (Å²) in [4.78, 5) is 4.34. The van der Waals surface area contributed by atoms with Crippen LogP contribution in [-0.4, -0.2) is 4.98 Å². The number of nitrogens with zero attached hydrogens (tertiary/aromatic N) is 1. The van der Waals surface area contributed by atoms with Gasteiger partial charge < -0.3 is 5.73 Å².